The third-order valence-electron chi connectivity index (χ3n) is 4.79. The Hall–Kier alpha value is -3.73. The quantitative estimate of drug-likeness (QED) is 0.651. The van der Waals surface area contributed by atoms with Crippen LogP contribution in [0.15, 0.2) is 48.0 Å². The number of hydrogen-bond acceptors (Lipinski definition) is 8. The van der Waals surface area contributed by atoms with Crippen LogP contribution in [0.5, 0.6) is 11.9 Å². The van der Waals surface area contributed by atoms with Gasteiger partial charge in [0.15, 0.2) is 0 Å². The third-order valence-corrected chi connectivity index (χ3v) is 6.06. The van der Waals surface area contributed by atoms with Crippen molar-refractivity contribution in [1.82, 2.24) is 25.3 Å². The van der Waals surface area contributed by atoms with Crippen molar-refractivity contribution in [1.29, 1.82) is 0 Å². The molecule has 5 heterocycles. The summed E-state index contributed by atoms with van der Waals surface area (Å²) in [6, 6.07) is 4.17. The predicted molar refractivity (Wildman–Crippen MR) is 106 cm³/mol. The molecular formula is C19H14N6O4S. The van der Waals surface area contributed by atoms with Gasteiger partial charge >= 0.3 is 18.0 Å². The van der Waals surface area contributed by atoms with Gasteiger partial charge in [0.25, 0.3) is 0 Å². The lowest BCUT2D eigenvalue weighted by Gasteiger charge is -2.34. The first kappa shape index (κ1) is 18.3. The zero-order valence-corrected chi connectivity index (χ0v) is 16.3. The van der Waals surface area contributed by atoms with Crippen molar-refractivity contribution in [3.63, 3.8) is 0 Å². The van der Waals surface area contributed by atoms with Gasteiger partial charge in [-0.15, -0.1) is 0 Å². The van der Waals surface area contributed by atoms with Crippen molar-refractivity contribution in [2.45, 2.75) is 23.2 Å². The van der Waals surface area contributed by atoms with Crippen molar-refractivity contribution >= 4 is 35.1 Å². The Morgan fingerprint density at radius 1 is 1.20 bits per heavy atom. The van der Waals surface area contributed by atoms with Crippen LogP contribution in [-0.4, -0.2) is 42.3 Å². The number of amides is 2. The first-order valence-electron chi connectivity index (χ1n) is 8.93. The summed E-state index contributed by atoms with van der Waals surface area (Å²) in [5, 5.41) is 12.1. The van der Waals surface area contributed by atoms with Crippen LogP contribution in [0.1, 0.15) is 17.2 Å². The molecule has 10 nitrogen and oxygen atoms in total. The number of carboxylic acid groups (broad SMARTS) is 1. The fourth-order valence-electron chi connectivity index (χ4n) is 3.50. The first-order valence-corrected chi connectivity index (χ1v) is 9.81. The topological polar surface area (TPSA) is 130 Å². The van der Waals surface area contributed by atoms with E-state index in [-0.39, 0.29) is 6.01 Å². The summed E-state index contributed by atoms with van der Waals surface area (Å²) in [7, 11) is 0. The SMILES string of the molecule is Cc1cc(Oc2ncccn2)ncc1N1C(=O)NC2c3c1ccnc3SC2C(=O)O. The number of anilines is 2. The number of thioether (sulfide) groups is 1. The van der Waals surface area contributed by atoms with Crippen molar-refractivity contribution in [3.05, 3.63) is 54.1 Å². The Labute approximate surface area is 174 Å². The molecule has 5 rings (SSSR count). The van der Waals surface area contributed by atoms with Crippen LogP contribution >= 0.6 is 11.8 Å². The summed E-state index contributed by atoms with van der Waals surface area (Å²) in [5.41, 5.74) is 2.57. The van der Waals surface area contributed by atoms with Crippen LogP contribution in [0, 0.1) is 6.92 Å². The number of ether oxygens (including phenoxy) is 1. The molecule has 0 bridgehead atoms. The average Bonchev–Trinajstić information content (AvgIpc) is 3.10. The van der Waals surface area contributed by atoms with Gasteiger partial charge in [-0.3, -0.25) is 9.69 Å². The molecule has 2 atom stereocenters. The summed E-state index contributed by atoms with van der Waals surface area (Å²) in [6.07, 6.45) is 6.22. The number of pyridine rings is 2. The van der Waals surface area contributed by atoms with Crippen molar-refractivity contribution < 1.29 is 19.4 Å². The molecule has 0 aliphatic carbocycles. The van der Waals surface area contributed by atoms with Crippen LogP contribution in [0.3, 0.4) is 0 Å². The summed E-state index contributed by atoms with van der Waals surface area (Å²) >= 11 is 1.14. The van der Waals surface area contributed by atoms with Crippen LogP contribution in [0.25, 0.3) is 0 Å². The minimum atomic E-state index is -0.995. The number of hydrogen-bond donors (Lipinski definition) is 2. The fraction of sp³-hybridized carbons (Fsp3) is 0.158. The molecule has 30 heavy (non-hydrogen) atoms. The largest absolute Gasteiger partial charge is 0.480 e. The second-order valence-corrected chi connectivity index (χ2v) is 7.76. The second-order valence-electron chi connectivity index (χ2n) is 6.63. The number of nitrogens with one attached hydrogen (secondary N) is 1. The lowest BCUT2D eigenvalue weighted by atomic mass is 10.0. The number of urea groups is 1. The highest BCUT2D eigenvalue weighted by molar-refractivity contribution is 8.00. The standard InChI is InChI=1S/C19H14N6O4S/c1-9-7-12(29-18-21-4-2-5-22-18)23-8-11(9)25-10-3-6-20-16-13(10)14(24-19(25)28)15(30-16)17(26)27/h2-8,14-15H,1H3,(H,24,28)(H,26,27). The minimum absolute atomic E-state index is 0.166. The minimum Gasteiger partial charge on any atom is -0.480 e. The van der Waals surface area contributed by atoms with Gasteiger partial charge in [0.05, 0.1) is 23.6 Å². The van der Waals surface area contributed by atoms with Crippen molar-refractivity contribution in [2.24, 2.45) is 0 Å². The summed E-state index contributed by atoms with van der Waals surface area (Å²) in [6.45, 7) is 1.82. The van der Waals surface area contributed by atoms with E-state index in [0.29, 0.717) is 27.8 Å². The number of nitrogens with zero attached hydrogens (tertiary/aromatic N) is 5. The zero-order chi connectivity index (χ0) is 20.8. The van der Waals surface area contributed by atoms with E-state index < -0.39 is 23.3 Å². The predicted octanol–water partition coefficient (Wildman–Crippen LogP) is 2.83. The monoisotopic (exact) mass is 422 g/mol. The molecule has 0 spiro atoms. The van der Waals surface area contributed by atoms with Gasteiger partial charge in [0, 0.05) is 30.2 Å². The maximum absolute atomic E-state index is 13.0. The highest BCUT2D eigenvalue weighted by Crippen LogP contribution is 2.50. The molecule has 2 aliphatic rings. The van der Waals surface area contributed by atoms with Gasteiger partial charge in [-0.25, -0.2) is 24.7 Å². The smallest absolute Gasteiger partial charge is 0.327 e. The Morgan fingerprint density at radius 3 is 2.73 bits per heavy atom. The molecule has 2 aliphatic heterocycles. The molecular weight excluding hydrogens is 408 g/mol. The van der Waals surface area contributed by atoms with Crippen LogP contribution < -0.4 is 15.0 Å². The number of rotatable bonds is 4. The van der Waals surface area contributed by atoms with Gasteiger partial charge in [-0.05, 0) is 24.6 Å². The van der Waals surface area contributed by atoms with Crippen LogP contribution in [-0.2, 0) is 4.79 Å². The Morgan fingerprint density at radius 2 is 2.00 bits per heavy atom. The van der Waals surface area contributed by atoms with E-state index in [1.807, 2.05) is 6.92 Å². The average molecular weight is 422 g/mol. The van der Waals surface area contributed by atoms with Gasteiger partial charge < -0.3 is 15.2 Å². The van der Waals surface area contributed by atoms with E-state index >= 15 is 0 Å². The summed E-state index contributed by atoms with van der Waals surface area (Å²) in [5.74, 6) is -0.704. The third kappa shape index (κ3) is 2.90. The van der Waals surface area contributed by atoms with E-state index in [1.54, 1.807) is 36.8 Å². The Balaban J connectivity index is 1.53. The molecule has 150 valence electrons. The van der Waals surface area contributed by atoms with Gasteiger partial charge in [-0.2, -0.15) is 0 Å². The fourth-order valence-corrected chi connectivity index (χ4v) is 4.66. The van der Waals surface area contributed by atoms with Crippen molar-refractivity contribution in [2.75, 3.05) is 4.90 Å². The second kappa shape index (κ2) is 6.95. The molecule has 2 amide bonds. The Kier molecular flexibility index (Phi) is 4.24. The zero-order valence-electron chi connectivity index (χ0n) is 15.5. The lowest BCUT2D eigenvalue weighted by Crippen LogP contribution is -2.47. The van der Waals surface area contributed by atoms with Crippen LogP contribution in [0.2, 0.25) is 0 Å². The molecule has 0 radical (unpaired) electrons. The summed E-state index contributed by atoms with van der Waals surface area (Å²) in [4.78, 5) is 42.6. The highest BCUT2D eigenvalue weighted by atomic mass is 32.2. The summed E-state index contributed by atoms with van der Waals surface area (Å²) < 4.78 is 5.55. The maximum Gasteiger partial charge on any atom is 0.327 e. The van der Waals surface area contributed by atoms with Crippen molar-refractivity contribution in [3.8, 4) is 11.9 Å². The van der Waals surface area contributed by atoms with E-state index in [1.165, 1.54) is 11.1 Å². The van der Waals surface area contributed by atoms with E-state index in [9.17, 15) is 14.7 Å². The normalized spacial score (nSPS) is 19.2. The van der Waals surface area contributed by atoms with E-state index in [2.05, 4.69) is 25.3 Å². The van der Waals surface area contributed by atoms with Gasteiger partial charge in [0.1, 0.15) is 10.3 Å². The molecule has 0 saturated carbocycles. The number of carbonyl (C=O) groups excluding carboxylic acids is 1. The Bertz CT molecular complexity index is 1170. The molecule has 3 aromatic rings. The number of carbonyl (C=O) groups is 2. The number of aryl methyl sites for hydroxylation is 1. The van der Waals surface area contributed by atoms with E-state index in [4.69, 9.17) is 4.74 Å². The molecule has 11 heteroatoms. The highest BCUT2D eigenvalue weighted by Gasteiger charge is 2.46. The molecule has 0 saturated heterocycles. The number of aliphatic carboxylic acids is 1. The van der Waals surface area contributed by atoms with Crippen LogP contribution in [0.4, 0.5) is 16.2 Å². The number of carboxylic acids is 1. The first-order chi connectivity index (χ1) is 14.5. The molecule has 0 fully saturated rings. The number of aromatic nitrogens is 4. The molecule has 3 aromatic heterocycles. The van der Waals surface area contributed by atoms with E-state index in [0.717, 1.165) is 17.3 Å². The molecule has 2 N–H and O–H groups in total. The molecule has 0 aromatic carbocycles. The van der Waals surface area contributed by atoms with Gasteiger partial charge in [0.2, 0.25) is 5.88 Å². The molecule has 2 unspecified atom stereocenters. The maximum atomic E-state index is 13.0. The lowest BCUT2D eigenvalue weighted by molar-refractivity contribution is -0.136. The van der Waals surface area contributed by atoms with Gasteiger partial charge in [-0.1, -0.05) is 11.8 Å².